The van der Waals surface area contributed by atoms with Gasteiger partial charge >= 0.3 is 0 Å². The number of thioether (sulfide) groups is 1. The highest BCUT2D eigenvalue weighted by Crippen LogP contribution is 2.23. The Bertz CT molecular complexity index is 1320. The van der Waals surface area contributed by atoms with Crippen LogP contribution in [0, 0.1) is 11.3 Å². The molecule has 1 aliphatic rings. The summed E-state index contributed by atoms with van der Waals surface area (Å²) in [6.45, 7) is 11.6. The van der Waals surface area contributed by atoms with E-state index in [9.17, 15) is 9.18 Å². The Morgan fingerprint density at radius 1 is 1.09 bits per heavy atom. The molecule has 2 aromatic carbocycles. The third kappa shape index (κ3) is 11.1. The summed E-state index contributed by atoms with van der Waals surface area (Å²) in [7, 11) is 0. The molecule has 8 nitrogen and oxygen atoms in total. The van der Waals surface area contributed by atoms with E-state index in [0.717, 1.165) is 37.7 Å². The zero-order valence-corrected chi connectivity index (χ0v) is 26.5. The number of alkyl halides is 1. The second-order valence-corrected chi connectivity index (χ2v) is 12.5. The number of carbonyl (C=O) groups excluding carboxylic acids is 1. The third-order valence-corrected chi connectivity index (χ3v) is 7.93. The highest BCUT2D eigenvalue weighted by atomic mass is 32.2. The molecule has 1 aromatic heterocycles. The second-order valence-electron chi connectivity index (χ2n) is 10.9. The summed E-state index contributed by atoms with van der Waals surface area (Å²) in [5.74, 6) is 1.15. The Balaban J connectivity index is 0.000000877. The highest BCUT2D eigenvalue weighted by Gasteiger charge is 2.19. The Kier molecular flexibility index (Phi) is 13.1. The fourth-order valence-electron chi connectivity index (χ4n) is 4.08. The van der Waals surface area contributed by atoms with Crippen LogP contribution in [0.5, 0.6) is 5.75 Å². The van der Waals surface area contributed by atoms with Gasteiger partial charge in [0, 0.05) is 62.1 Å². The molecule has 4 rings (SSSR count). The smallest absolute Gasteiger partial charge is 0.255 e. The molecule has 1 N–H and O–H groups in total. The Morgan fingerprint density at radius 3 is 2.28 bits per heavy atom. The number of aromatic nitrogens is 1. The summed E-state index contributed by atoms with van der Waals surface area (Å²) < 4.78 is 24.1. The van der Waals surface area contributed by atoms with E-state index >= 15 is 0 Å². The molecular weight excluding hydrogens is 565 g/mol. The number of ether oxygens (including phenoxy) is 2. The van der Waals surface area contributed by atoms with Crippen LogP contribution in [0.15, 0.2) is 66.9 Å². The maximum atomic E-state index is 12.9. The lowest BCUT2D eigenvalue weighted by Gasteiger charge is -2.36. The average molecular weight is 610 g/mol. The van der Waals surface area contributed by atoms with Crippen molar-refractivity contribution < 1.29 is 20.1 Å². The minimum atomic E-state index is -0.613. The van der Waals surface area contributed by atoms with Crippen LogP contribution < -0.4 is 19.9 Å². The van der Waals surface area contributed by atoms with E-state index in [0.29, 0.717) is 33.9 Å². The van der Waals surface area contributed by atoms with Crippen molar-refractivity contribution in [1.82, 2.24) is 4.98 Å². The first kappa shape index (κ1) is 33.7. The molecule has 10 heteroatoms. The van der Waals surface area contributed by atoms with Crippen molar-refractivity contribution in [2.45, 2.75) is 38.5 Å². The summed E-state index contributed by atoms with van der Waals surface area (Å²) in [5.41, 5.74) is 2.89. The second kappa shape index (κ2) is 16.7. The van der Waals surface area contributed by atoms with Crippen molar-refractivity contribution in [3.05, 3.63) is 78.0 Å². The van der Waals surface area contributed by atoms with E-state index in [1.165, 1.54) is 0 Å². The lowest BCUT2D eigenvalue weighted by molar-refractivity contribution is 0.0125. The molecule has 1 aliphatic heterocycles. The van der Waals surface area contributed by atoms with E-state index in [2.05, 4.69) is 53.2 Å². The lowest BCUT2D eigenvalue weighted by Crippen LogP contribution is -2.46. The molecule has 0 radical (unpaired) electrons. The summed E-state index contributed by atoms with van der Waals surface area (Å²) in [4.78, 5) is 21.5. The quantitative estimate of drug-likeness (QED) is 0.272. The zero-order chi connectivity index (χ0) is 31.2. The van der Waals surface area contributed by atoms with Gasteiger partial charge in [-0.3, -0.25) is 4.79 Å². The van der Waals surface area contributed by atoms with E-state index in [4.69, 9.17) is 14.7 Å². The van der Waals surface area contributed by atoms with E-state index < -0.39 is 12.8 Å². The maximum absolute atomic E-state index is 12.9. The highest BCUT2D eigenvalue weighted by molar-refractivity contribution is 7.99. The Hall–Kier alpha value is -3.81. The first-order chi connectivity index (χ1) is 20.6. The fraction of sp³-hybridized carbons (Fsp3) is 0.424. The van der Waals surface area contributed by atoms with Gasteiger partial charge in [0.15, 0.2) is 0 Å². The Labute approximate surface area is 260 Å². The fourth-order valence-corrected chi connectivity index (χ4v) is 4.08. The van der Waals surface area contributed by atoms with Gasteiger partial charge in [0.25, 0.3) is 5.91 Å². The maximum Gasteiger partial charge on any atom is 0.255 e. The van der Waals surface area contributed by atoms with Crippen molar-refractivity contribution in [3.63, 3.8) is 0 Å². The molecular formula is C33H44FN5O3S. The summed E-state index contributed by atoms with van der Waals surface area (Å²) in [6, 6.07) is 20.2. The molecule has 232 valence electrons. The van der Waals surface area contributed by atoms with Crippen LogP contribution >= 0.6 is 11.8 Å². The average Bonchev–Trinajstić information content (AvgIpc) is 3.03. The minimum Gasteiger partial charge on any atom is -0.491 e. The van der Waals surface area contributed by atoms with Crippen molar-refractivity contribution in [3.8, 4) is 11.8 Å². The molecule has 0 spiro atoms. The van der Waals surface area contributed by atoms with E-state index in [1.807, 2.05) is 49.0 Å². The number of carbonyl (C=O) groups is 1. The molecule has 0 aliphatic carbocycles. The van der Waals surface area contributed by atoms with Crippen molar-refractivity contribution in [2.24, 2.45) is 0 Å². The first-order valence-corrected chi connectivity index (χ1v) is 15.6. The van der Waals surface area contributed by atoms with Gasteiger partial charge in [-0.05, 0) is 73.8 Å². The number of nitrogens with one attached hydrogen (secondary N) is 1. The normalized spacial score (nSPS) is 13.8. The van der Waals surface area contributed by atoms with Gasteiger partial charge in [0.2, 0.25) is 0 Å². The summed E-state index contributed by atoms with van der Waals surface area (Å²) >= 11 is 1.88. The number of benzene rings is 2. The summed E-state index contributed by atoms with van der Waals surface area (Å²) in [6.07, 6.45) is 3.20. The van der Waals surface area contributed by atoms with Gasteiger partial charge in [-0.2, -0.15) is 17.0 Å². The van der Waals surface area contributed by atoms with Crippen LogP contribution in [0.2, 0.25) is 0 Å². The van der Waals surface area contributed by atoms with Gasteiger partial charge in [0.1, 0.15) is 31.0 Å². The molecule has 1 unspecified atom stereocenters. The number of hydrogen-bond donors (Lipinski definition) is 1. The SMILES string of the molecule is CCOC(CF)COc1ccc(C(=O)Nc2ccc(N3CCN(c4cc(C#N)ccn4)CC3)cc2)cc1.CSC(C)(C)C.[HH]. The molecule has 1 fully saturated rings. The number of rotatable bonds is 10. The number of piperazine rings is 1. The van der Waals surface area contributed by atoms with Crippen LogP contribution in [0.25, 0.3) is 0 Å². The minimum absolute atomic E-state index is 0. The number of hydrogen-bond acceptors (Lipinski definition) is 8. The molecule has 1 amide bonds. The van der Waals surface area contributed by atoms with Gasteiger partial charge in [0.05, 0.1) is 11.6 Å². The largest absolute Gasteiger partial charge is 0.491 e. The zero-order valence-electron chi connectivity index (χ0n) is 25.7. The van der Waals surface area contributed by atoms with Crippen LogP contribution in [0.4, 0.5) is 21.6 Å². The van der Waals surface area contributed by atoms with Gasteiger partial charge < -0.3 is 24.6 Å². The summed E-state index contributed by atoms with van der Waals surface area (Å²) in [5, 5.41) is 12.0. The standard InChI is InChI=1S/C28H30FN5O3.C5H12S.H2/c1-2-36-26(18-29)20-37-25-9-3-22(4-10-25)28(35)32-23-5-7-24(8-6-23)33-13-15-34(16-14-33)27-17-21(19-30)11-12-31-27;1-5(2,3)6-4;/h3-12,17,26H,2,13-16,18,20H2,1H3,(H,32,35);1-4H3;1H. The predicted molar refractivity (Wildman–Crippen MR) is 176 cm³/mol. The van der Waals surface area contributed by atoms with Crippen LogP contribution in [0.3, 0.4) is 0 Å². The van der Waals surface area contributed by atoms with Crippen molar-refractivity contribution in [1.29, 1.82) is 5.26 Å². The predicted octanol–water partition coefficient (Wildman–Crippen LogP) is 6.68. The van der Waals surface area contributed by atoms with E-state index in [1.54, 1.807) is 36.5 Å². The number of nitriles is 1. The lowest BCUT2D eigenvalue weighted by atomic mass is 10.2. The number of pyridine rings is 1. The first-order valence-electron chi connectivity index (χ1n) is 14.4. The van der Waals surface area contributed by atoms with Gasteiger partial charge in [-0.25, -0.2) is 9.37 Å². The Morgan fingerprint density at radius 2 is 1.72 bits per heavy atom. The molecule has 43 heavy (non-hydrogen) atoms. The van der Waals surface area contributed by atoms with E-state index in [-0.39, 0.29) is 13.9 Å². The van der Waals surface area contributed by atoms with Crippen molar-refractivity contribution in [2.75, 3.05) is 67.4 Å². The molecule has 0 saturated carbocycles. The van der Waals surface area contributed by atoms with Crippen LogP contribution in [0.1, 0.15) is 45.0 Å². The topological polar surface area (TPSA) is 90.7 Å². The molecule has 1 atom stereocenters. The third-order valence-electron chi connectivity index (χ3n) is 6.71. The van der Waals surface area contributed by atoms with Crippen molar-refractivity contribution >= 4 is 34.9 Å². The number of amides is 1. The molecule has 0 bridgehead atoms. The number of nitrogens with zero attached hydrogens (tertiary/aromatic N) is 4. The van der Waals surface area contributed by atoms with Gasteiger partial charge in [-0.1, -0.05) is 20.8 Å². The number of halogens is 1. The molecule has 3 aromatic rings. The molecule has 1 saturated heterocycles. The number of anilines is 3. The molecule has 2 heterocycles. The monoisotopic (exact) mass is 609 g/mol. The van der Waals surface area contributed by atoms with Gasteiger partial charge in [-0.15, -0.1) is 0 Å². The van der Waals surface area contributed by atoms with Crippen LogP contribution in [-0.4, -0.2) is 74.1 Å². The van der Waals surface area contributed by atoms with Crippen LogP contribution in [-0.2, 0) is 4.74 Å².